The van der Waals surface area contributed by atoms with Crippen LogP contribution in [0.4, 0.5) is 0 Å². The SMILES string of the molecule is B[C@H]1C[C@@H](Cc2cn([C@H]3O[C@@H](B)C[C@H]3OC)nn2)[C@@H](COC)O1. The van der Waals surface area contributed by atoms with E-state index in [1.54, 1.807) is 18.9 Å². The average Bonchev–Trinajstić information content (AvgIpc) is 3.19. The smallest absolute Gasteiger partial charge is 0.177 e. The second-order valence-electron chi connectivity index (χ2n) is 6.68. The van der Waals surface area contributed by atoms with E-state index in [0.717, 1.165) is 25.0 Å². The largest absolute Gasteiger partial charge is 0.382 e. The summed E-state index contributed by atoms with van der Waals surface area (Å²) in [6.07, 6.45) is 4.69. The lowest BCUT2D eigenvalue weighted by Gasteiger charge is -2.17. The number of nitrogens with zero attached hydrogens (tertiary/aromatic N) is 3. The van der Waals surface area contributed by atoms with E-state index >= 15 is 0 Å². The molecular weight excluding hydrogens is 296 g/mol. The first kappa shape index (κ1) is 16.9. The van der Waals surface area contributed by atoms with Crippen molar-refractivity contribution in [1.82, 2.24) is 15.0 Å². The first-order valence-corrected chi connectivity index (χ1v) is 8.34. The van der Waals surface area contributed by atoms with Gasteiger partial charge in [0, 0.05) is 26.2 Å². The third-order valence-corrected chi connectivity index (χ3v) is 4.75. The predicted octanol–water partition coefficient (Wildman–Crippen LogP) is -1.28. The number of rotatable bonds is 6. The molecule has 23 heavy (non-hydrogen) atoms. The summed E-state index contributed by atoms with van der Waals surface area (Å²) >= 11 is 0. The van der Waals surface area contributed by atoms with Gasteiger partial charge in [-0.05, 0) is 25.2 Å². The van der Waals surface area contributed by atoms with E-state index in [0.29, 0.717) is 12.5 Å². The molecular formula is C14H25B2N3O4. The molecule has 6 atom stereocenters. The second-order valence-corrected chi connectivity index (χ2v) is 6.68. The van der Waals surface area contributed by atoms with Crippen molar-refractivity contribution in [3.05, 3.63) is 11.9 Å². The maximum atomic E-state index is 5.92. The van der Waals surface area contributed by atoms with Crippen molar-refractivity contribution in [1.29, 1.82) is 0 Å². The third-order valence-electron chi connectivity index (χ3n) is 4.75. The summed E-state index contributed by atoms with van der Waals surface area (Å²) < 4.78 is 24.4. The summed E-state index contributed by atoms with van der Waals surface area (Å²) in [6.45, 7) is 0.623. The van der Waals surface area contributed by atoms with Gasteiger partial charge in [-0.15, -0.1) is 5.10 Å². The highest BCUT2D eigenvalue weighted by Crippen LogP contribution is 2.31. The molecule has 0 bridgehead atoms. The fourth-order valence-corrected chi connectivity index (χ4v) is 3.67. The number of ether oxygens (including phenoxy) is 4. The minimum atomic E-state index is -0.190. The maximum absolute atomic E-state index is 5.92. The molecule has 2 aliphatic heterocycles. The summed E-state index contributed by atoms with van der Waals surface area (Å²) in [7, 11) is 7.58. The molecule has 0 spiro atoms. The van der Waals surface area contributed by atoms with E-state index in [1.165, 1.54) is 0 Å². The van der Waals surface area contributed by atoms with Crippen molar-refractivity contribution in [3.8, 4) is 0 Å². The lowest BCUT2D eigenvalue weighted by Crippen LogP contribution is -2.24. The highest BCUT2D eigenvalue weighted by Gasteiger charge is 2.36. The van der Waals surface area contributed by atoms with E-state index in [9.17, 15) is 0 Å². The Morgan fingerprint density at radius 3 is 2.78 bits per heavy atom. The Morgan fingerprint density at radius 1 is 1.26 bits per heavy atom. The van der Waals surface area contributed by atoms with E-state index in [2.05, 4.69) is 26.0 Å². The van der Waals surface area contributed by atoms with Gasteiger partial charge in [0.1, 0.15) is 21.8 Å². The van der Waals surface area contributed by atoms with Crippen LogP contribution in [0.5, 0.6) is 0 Å². The number of aromatic nitrogens is 3. The Labute approximate surface area is 138 Å². The molecule has 1 aromatic heterocycles. The summed E-state index contributed by atoms with van der Waals surface area (Å²) in [5.41, 5.74) is 0.965. The zero-order chi connectivity index (χ0) is 16.4. The van der Waals surface area contributed by atoms with Crippen LogP contribution in [0.2, 0.25) is 0 Å². The average molecular weight is 321 g/mol. The Kier molecular flexibility index (Phi) is 5.41. The summed E-state index contributed by atoms with van der Waals surface area (Å²) in [5, 5.41) is 8.57. The third kappa shape index (κ3) is 3.79. The molecule has 0 N–H and O–H groups in total. The van der Waals surface area contributed by atoms with Crippen LogP contribution in [0.25, 0.3) is 0 Å². The minimum absolute atomic E-state index is 0.0237. The van der Waals surface area contributed by atoms with Crippen LogP contribution in [0.15, 0.2) is 6.20 Å². The second kappa shape index (κ2) is 7.34. The molecule has 0 unspecified atom stereocenters. The predicted molar refractivity (Wildman–Crippen MR) is 88.8 cm³/mol. The zero-order valence-electron chi connectivity index (χ0n) is 14.3. The molecule has 0 saturated carbocycles. The molecule has 1 aromatic rings. The zero-order valence-corrected chi connectivity index (χ0v) is 14.3. The number of hydrogen-bond acceptors (Lipinski definition) is 6. The van der Waals surface area contributed by atoms with Gasteiger partial charge < -0.3 is 18.9 Å². The van der Waals surface area contributed by atoms with Gasteiger partial charge in [-0.3, -0.25) is 0 Å². The summed E-state index contributed by atoms with van der Waals surface area (Å²) in [4.78, 5) is 0. The molecule has 9 heteroatoms. The minimum Gasteiger partial charge on any atom is -0.382 e. The first-order valence-electron chi connectivity index (χ1n) is 8.34. The van der Waals surface area contributed by atoms with Crippen molar-refractivity contribution in [2.45, 2.75) is 49.7 Å². The highest BCUT2D eigenvalue weighted by molar-refractivity contribution is 6.11. The van der Waals surface area contributed by atoms with Gasteiger partial charge in [0.25, 0.3) is 0 Å². The molecule has 0 aliphatic carbocycles. The van der Waals surface area contributed by atoms with Crippen LogP contribution < -0.4 is 0 Å². The van der Waals surface area contributed by atoms with Crippen LogP contribution in [0.1, 0.15) is 24.8 Å². The monoisotopic (exact) mass is 321 g/mol. The molecule has 3 rings (SSSR count). The fraction of sp³-hybridized carbons (Fsp3) is 0.857. The van der Waals surface area contributed by atoms with Crippen LogP contribution in [-0.4, -0.2) is 75.7 Å². The van der Waals surface area contributed by atoms with Crippen molar-refractivity contribution in [2.24, 2.45) is 5.92 Å². The Morgan fingerprint density at radius 2 is 2.04 bits per heavy atom. The fourth-order valence-electron chi connectivity index (χ4n) is 3.67. The number of hydrogen-bond donors (Lipinski definition) is 0. The van der Waals surface area contributed by atoms with Gasteiger partial charge in [0.2, 0.25) is 0 Å². The molecule has 7 nitrogen and oxygen atoms in total. The molecule has 126 valence electrons. The molecule has 2 aliphatic rings. The molecule has 0 radical (unpaired) electrons. The lowest BCUT2D eigenvalue weighted by atomic mass is 9.88. The first-order chi connectivity index (χ1) is 11.1. The van der Waals surface area contributed by atoms with Crippen LogP contribution >= 0.6 is 0 Å². The van der Waals surface area contributed by atoms with Gasteiger partial charge in [0.15, 0.2) is 6.23 Å². The molecule has 2 saturated heterocycles. The quantitative estimate of drug-likeness (QED) is 0.609. The Bertz CT molecular complexity index is 518. The van der Waals surface area contributed by atoms with Gasteiger partial charge in [-0.25, -0.2) is 4.68 Å². The topological polar surface area (TPSA) is 67.6 Å². The Balaban J connectivity index is 1.65. The van der Waals surface area contributed by atoms with Crippen molar-refractivity contribution >= 4 is 15.7 Å². The number of methoxy groups -OCH3 is 2. The van der Waals surface area contributed by atoms with E-state index in [1.807, 2.05) is 6.20 Å². The molecule has 0 amide bonds. The Hall–Kier alpha value is -0.890. The van der Waals surface area contributed by atoms with Crippen molar-refractivity contribution < 1.29 is 18.9 Å². The molecule has 2 fully saturated rings. The van der Waals surface area contributed by atoms with E-state index < -0.39 is 0 Å². The van der Waals surface area contributed by atoms with Crippen LogP contribution in [0, 0.1) is 5.92 Å². The normalized spacial score (nSPS) is 37.5. The van der Waals surface area contributed by atoms with Crippen molar-refractivity contribution in [3.63, 3.8) is 0 Å². The van der Waals surface area contributed by atoms with Gasteiger partial charge in [-0.1, -0.05) is 5.21 Å². The van der Waals surface area contributed by atoms with Crippen molar-refractivity contribution in [2.75, 3.05) is 20.8 Å². The standard InChI is InChI=1S/C14H25B2N3O4/c1-20-7-11-8(4-12(15)22-11)3-9-6-19(18-17-9)14-10(21-2)5-13(16)23-14/h6,8,10-14H,3-5,7,15-16H2,1-2H3/t8-,10-,11-,12-,13-,14+/m1/s1. The van der Waals surface area contributed by atoms with Gasteiger partial charge in [-0.2, -0.15) is 0 Å². The molecule has 3 heterocycles. The van der Waals surface area contributed by atoms with E-state index in [-0.39, 0.29) is 30.4 Å². The highest BCUT2D eigenvalue weighted by atomic mass is 16.6. The lowest BCUT2D eigenvalue weighted by molar-refractivity contribution is -0.0430. The summed E-state index contributed by atoms with van der Waals surface area (Å²) in [5.74, 6) is 0.414. The van der Waals surface area contributed by atoms with E-state index in [4.69, 9.17) is 18.9 Å². The summed E-state index contributed by atoms with van der Waals surface area (Å²) in [6, 6.07) is 0.444. The van der Waals surface area contributed by atoms with Gasteiger partial charge in [0.05, 0.1) is 24.6 Å². The molecule has 0 aromatic carbocycles. The maximum Gasteiger partial charge on any atom is 0.177 e. The van der Waals surface area contributed by atoms with Gasteiger partial charge >= 0.3 is 0 Å². The van der Waals surface area contributed by atoms with Crippen LogP contribution in [0.3, 0.4) is 0 Å². The van der Waals surface area contributed by atoms with Crippen LogP contribution in [-0.2, 0) is 25.4 Å².